The van der Waals surface area contributed by atoms with E-state index in [1.54, 1.807) is 20.8 Å². The monoisotopic (exact) mass is 433 g/mol. The minimum atomic E-state index is -0.579. The van der Waals surface area contributed by atoms with E-state index in [2.05, 4.69) is 5.32 Å². The summed E-state index contributed by atoms with van der Waals surface area (Å²) >= 11 is 5.81. The van der Waals surface area contributed by atoms with Gasteiger partial charge >= 0.3 is 11.9 Å². The number of halogens is 1. The second kappa shape index (κ2) is 12.4. The Kier molecular flexibility index (Phi) is 11.0. The first-order valence-corrected chi connectivity index (χ1v) is 10.9. The van der Waals surface area contributed by atoms with Gasteiger partial charge in [-0.05, 0) is 46.5 Å². The highest BCUT2D eigenvalue weighted by atomic mass is 35.5. The summed E-state index contributed by atoms with van der Waals surface area (Å²) in [5.74, 6) is -0.188. The lowest BCUT2D eigenvalue weighted by Crippen LogP contribution is -2.46. The summed E-state index contributed by atoms with van der Waals surface area (Å²) in [6.07, 6.45) is 3.35. The average Bonchev–Trinajstić information content (AvgIpc) is 2.57. The Labute approximate surface area is 179 Å². The fourth-order valence-corrected chi connectivity index (χ4v) is 3.57. The van der Waals surface area contributed by atoms with Gasteiger partial charge in [0.1, 0.15) is 6.10 Å². The molecule has 0 aliphatic carbocycles. The molecule has 1 aliphatic rings. The van der Waals surface area contributed by atoms with E-state index in [1.807, 2.05) is 0 Å². The number of rotatable bonds is 10. The minimum absolute atomic E-state index is 0.000969. The van der Waals surface area contributed by atoms with Crippen molar-refractivity contribution < 1.29 is 28.6 Å². The number of esters is 2. The number of carbonyl (C=O) groups excluding carboxylic acids is 3. The van der Waals surface area contributed by atoms with Gasteiger partial charge in [0.05, 0.1) is 24.2 Å². The van der Waals surface area contributed by atoms with Crippen LogP contribution in [-0.2, 0) is 28.6 Å². The van der Waals surface area contributed by atoms with Crippen LogP contribution in [0, 0.1) is 5.41 Å². The molecule has 0 bridgehead atoms. The van der Waals surface area contributed by atoms with Crippen LogP contribution in [0.25, 0.3) is 0 Å². The third-order valence-corrected chi connectivity index (χ3v) is 4.96. The zero-order valence-corrected chi connectivity index (χ0v) is 19.0. The Morgan fingerprint density at radius 3 is 2.38 bits per heavy atom. The predicted molar refractivity (Wildman–Crippen MR) is 111 cm³/mol. The van der Waals surface area contributed by atoms with Gasteiger partial charge < -0.3 is 19.5 Å². The maximum Gasteiger partial charge on any atom is 0.311 e. The van der Waals surface area contributed by atoms with Crippen LogP contribution in [0.5, 0.6) is 0 Å². The minimum Gasteiger partial charge on any atom is -0.465 e. The lowest BCUT2D eigenvalue weighted by Gasteiger charge is -2.37. The normalized spacial score (nSPS) is 23.2. The predicted octanol–water partition coefficient (Wildman–Crippen LogP) is 3.36. The van der Waals surface area contributed by atoms with Crippen LogP contribution in [0.3, 0.4) is 0 Å². The molecule has 4 atom stereocenters. The maximum atomic E-state index is 11.9. The van der Waals surface area contributed by atoms with E-state index >= 15 is 0 Å². The van der Waals surface area contributed by atoms with E-state index in [-0.39, 0.29) is 42.7 Å². The smallest absolute Gasteiger partial charge is 0.311 e. The molecule has 0 aromatic rings. The molecule has 1 unspecified atom stereocenters. The summed E-state index contributed by atoms with van der Waals surface area (Å²) in [5.41, 5.74) is -0.579. The van der Waals surface area contributed by atoms with E-state index in [0.717, 1.165) is 19.3 Å². The number of alkyl halides is 1. The molecule has 0 saturated carbocycles. The van der Waals surface area contributed by atoms with E-state index in [1.165, 1.54) is 13.8 Å². The van der Waals surface area contributed by atoms with Crippen molar-refractivity contribution in [2.45, 2.75) is 97.5 Å². The van der Waals surface area contributed by atoms with Gasteiger partial charge in [-0.15, -0.1) is 11.6 Å². The second-order valence-electron chi connectivity index (χ2n) is 8.72. The summed E-state index contributed by atoms with van der Waals surface area (Å²) in [6.45, 7) is 8.40. The van der Waals surface area contributed by atoms with Crippen LogP contribution >= 0.6 is 11.6 Å². The molecule has 1 aliphatic heterocycles. The summed E-state index contributed by atoms with van der Waals surface area (Å²) in [4.78, 5) is 35.0. The van der Waals surface area contributed by atoms with Gasteiger partial charge in [-0.2, -0.15) is 0 Å². The van der Waals surface area contributed by atoms with Crippen LogP contribution < -0.4 is 5.32 Å². The zero-order chi connectivity index (χ0) is 22.0. The van der Waals surface area contributed by atoms with Gasteiger partial charge in [-0.3, -0.25) is 14.4 Å². The largest absolute Gasteiger partial charge is 0.465 e. The molecule has 1 amide bonds. The molecule has 1 fully saturated rings. The molecule has 1 rings (SSSR count). The van der Waals surface area contributed by atoms with Crippen molar-refractivity contribution in [3.05, 3.63) is 0 Å². The molecule has 1 heterocycles. The average molecular weight is 434 g/mol. The van der Waals surface area contributed by atoms with Crippen LogP contribution in [-0.4, -0.2) is 54.7 Å². The van der Waals surface area contributed by atoms with Gasteiger partial charge in [0, 0.05) is 38.6 Å². The fourth-order valence-electron chi connectivity index (χ4n) is 3.41. The van der Waals surface area contributed by atoms with Crippen molar-refractivity contribution in [3.8, 4) is 0 Å². The highest BCUT2D eigenvalue weighted by Gasteiger charge is 2.32. The number of hydrogen-bond acceptors (Lipinski definition) is 6. The van der Waals surface area contributed by atoms with E-state index in [9.17, 15) is 14.4 Å². The van der Waals surface area contributed by atoms with Crippen LogP contribution in [0.1, 0.15) is 73.1 Å². The molecule has 168 valence electrons. The van der Waals surface area contributed by atoms with Gasteiger partial charge in [0.2, 0.25) is 5.91 Å². The summed E-state index contributed by atoms with van der Waals surface area (Å²) < 4.78 is 16.9. The first-order valence-electron chi connectivity index (χ1n) is 10.3. The standard InChI is InChI=1S/C21H36ClNO6/c1-14(24)23-16-11-17(7-6-9-22)29-19(12-16)13-18(28-15(2)25)8-10-27-20(26)21(3,4)5/h16-19H,6-13H2,1-5H3,(H,23,24)/t16?,17-,18-,19-/m0/s1. The first kappa shape index (κ1) is 25.7. The molecule has 0 radical (unpaired) electrons. The van der Waals surface area contributed by atoms with E-state index in [4.69, 9.17) is 25.8 Å². The molecule has 1 saturated heterocycles. The quantitative estimate of drug-likeness (QED) is 0.419. The van der Waals surface area contributed by atoms with Crippen molar-refractivity contribution in [1.29, 1.82) is 0 Å². The molecule has 1 N–H and O–H groups in total. The van der Waals surface area contributed by atoms with Crippen LogP contribution in [0.15, 0.2) is 0 Å². The lowest BCUT2D eigenvalue weighted by molar-refractivity contribution is -0.156. The molecule has 0 aromatic carbocycles. The molecule has 0 aromatic heterocycles. The maximum absolute atomic E-state index is 11.9. The summed E-state index contributed by atoms with van der Waals surface area (Å²) in [5, 5.41) is 2.98. The Morgan fingerprint density at radius 2 is 1.83 bits per heavy atom. The fraction of sp³-hybridized carbons (Fsp3) is 0.857. The highest BCUT2D eigenvalue weighted by molar-refractivity contribution is 6.17. The van der Waals surface area contributed by atoms with Gasteiger partial charge in [0.15, 0.2) is 0 Å². The van der Waals surface area contributed by atoms with Gasteiger partial charge in [0.25, 0.3) is 0 Å². The number of amides is 1. The number of nitrogens with one attached hydrogen (secondary N) is 1. The summed E-state index contributed by atoms with van der Waals surface area (Å²) in [6, 6.07) is 0.0169. The second-order valence-corrected chi connectivity index (χ2v) is 9.10. The topological polar surface area (TPSA) is 90.9 Å². The van der Waals surface area contributed by atoms with Gasteiger partial charge in [-0.25, -0.2) is 0 Å². The molecular formula is C21H36ClNO6. The lowest BCUT2D eigenvalue weighted by atomic mass is 9.92. The number of carbonyl (C=O) groups is 3. The SMILES string of the molecule is CC(=O)NC1C[C@H](CCCCl)O[C@H](C[C@H](CCOC(=O)C(C)(C)C)OC(C)=O)C1. The van der Waals surface area contributed by atoms with Crippen molar-refractivity contribution in [3.63, 3.8) is 0 Å². The Bertz CT molecular complexity index is 548. The van der Waals surface area contributed by atoms with Gasteiger partial charge in [-0.1, -0.05) is 0 Å². The van der Waals surface area contributed by atoms with Crippen molar-refractivity contribution in [2.24, 2.45) is 5.41 Å². The van der Waals surface area contributed by atoms with Crippen molar-refractivity contribution in [2.75, 3.05) is 12.5 Å². The molecule has 0 spiro atoms. The Balaban J connectivity index is 2.69. The Morgan fingerprint density at radius 1 is 1.17 bits per heavy atom. The highest BCUT2D eigenvalue weighted by Crippen LogP contribution is 2.27. The van der Waals surface area contributed by atoms with E-state index in [0.29, 0.717) is 25.1 Å². The molecular weight excluding hydrogens is 398 g/mol. The van der Waals surface area contributed by atoms with E-state index < -0.39 is 11.5 Å². The van der Waals surface area contributed by atoms with Crippen molar-refractivity contribution in [1.82, 2.24) is 5.32 Å². The molecule has 7 nitrogen and oxygen atoms in total. The molecule has 8 heteroatoms. The summed E-state index contributed by atoms with van der Waals surface area (Å²) in [7, 11) is 0. The van der Waals surface area contributed by atoms with Crippen LogP contribution in [0.4, 0.5) is 0 Å². The van der Waals surface area contributed by atoms with Crippen LogP contribution in [0.2, 0.25) is 0 Å². The third-order valence-electron chi connectivity index (χ3n) is 4.69. The third kappa shape index (κ3) is 10.8. The number of ether oxygens (including phenoxy) is 3. The van der Waals surface area contributed by atoms with Crippen molar-refractivity contribution >= 4 is 29.4 Å². The molecule has 29 heavy (non-hydrogen) atoms. The zero-order valence-electron chi connectivity index (χ0n) is 18.3. The number of hydrogen-bond donors (Lipinski definition) is 1. The first-order chi connectivity index (χ1) is 13.5. The Hall–Kier alpha value is -1.34.